The normalized spacial score (nSPS) is 13.4. The molecule has 4 heteroatoms. The van der Waals surface area contributed by atoms with Gasteiger partial charge in [0.15, 0.2) is 0 Å². The number of hydrogen-bond donors (Lipinski definition) is 2. The highest BCUT2D eigenvalue weighted by Crippen LogP contribution is 2.10. The molecule has 0 bridgehead atoms. The van der Waals surface area contributed by atoms with E-state index in [0.29, 0.717) is 13.1 Å². The van der Waals surface area contributed by atoms with Crippen molar-refractivity contribution in [3.05, 3.63) is 60.7 Å². The summed E-state index contributed by atoms with van der Waals surface area (Å²) in [5, 5.41) is 13.1. The van der Waals surface area contributed by atoms with Crippen molar-refractivity contribution in [1.29, 1.82) is 0 Å². The van der Waals surface area contributed by atoms with Crippen molar-refractivity contribution in [2.75, 3.05) is 19.7 Å². The van der Waals surface area contributed by atoms with Crippen LogP contribution < -0.4 is 14.8 Å². The molecule has 2 atom stereocenters. The van der Waals surface area contributed by atoms with Crippen molar-refractivity contribution in [2.45, 2.75) is 19.1 Å². The summed E-state index contributed by atoms with van der Waals surface area (Å²) < 4.78 is 11.2. The van der Waals surface area contributed by atoms with Gasteiger partial charge in [0.2, 0.25) is 0 Å². The summed E-state index contributed by atoms with van der Waals surface area (Å²) in [6, 6.07) is 19.2. The van der Waals surface area contributed by atoms with E-state index in [2.05, 4.69) is 5.32 Å². The molecule has 22 heavy (non-hydrogen) atoms. The summed E-state index contributed by atoms with van der Waals surface area (Å²) in [5.41, 5.74) is 0. The van der Waals surface area contributed by atoms with Crippen molar-refractivity contribution < 1.29 is 14.6 Å². The Morgan fingerprint density at radius 1 is 0.909 bits per heavy atom. The summed E-state index contributed by atoms with van der Waals surface area (Å²) in [6.07, 6.45) is -0.520. The van der Waals surface area contributed by atoms with Gasteiger partial charge in [0.25, 0.3) is 0 Å². The van der Waals surface area contributed by atoms with Gasteiger partial charge in [-0.25, -0.2) is 0 Å². The third kappa shape index (κ3) is 6.16. The van der Waals surface area contributed by atoms with Gasteiger partial charge >= 0.3 is 0 Å². The summed E-state index contributed by atoms with van der Waals surface area (Å²) in [4.78, 5) is 0. The van der Waals surface area contributed by atoms with Gasteiger partial charge in [-0.05, 0) is 31.2 Å². The van der Waals surface area contributed by atoms with E-state index in [-0.39, 0.29) is 12.7 Å². The summed E-state index contributed by atoms with van der Waals surface area (Å²) in [6.45, 7) is 3.39. The highest BCUT2D eigenvalue weighted by Gasteiger charge is 2.07. The highest BCUT2D eigenvalue weighted by molar-refractivity contribution is 5.21. The molecule has 0 heterocycles. The first-order valence-corrected chi connectivity index (χ1v) is 7.52. The summed E-state index contributed by atoms with van der Waals surface area (Å²) in [5.74, 6) is 1.62. The molecule has 0 radical (unpaired) electrons. The van der Waals surface area contributed by atoms with Crippen LogP contribution in [-0.4, -0.2) is 37.0 Å². The predicted molar refractivity (Wildman–Crippen MR) is 87.3 cm³/mol. The molecule has 2 N–H and O–H groups in total. The second-order valence-electron chi connectivity index (χ2n) is 5.18. The minimum Gasteiger partial charge on any atom is -0.491 e. The highest BCUT2D eigenvalue weighted by atomic mass is 16.5. The molecule has 0 saturated heterocycles. The molecule has 0 amide bonds. The molecule has 0 saturated carbocycles. The maximum Gasteiger partial charge on any atom is 0.119 e. The molecule has 4 nitrogen and oxygen atoms in total. The molecule has 0 unspecified atom stereocenters. The lowest BCUT2D eigenvalue weighted by Crippen LogP contribution is -2.36. The van der Waals surface area contributed by atoms with Crippen LogP contribution in [0.4, 0.5) is 0 Å². The van der Waals surface area contributed by atoms with Gasteiger partial charge in [0, 0.05) is 13.1 Å². The maximum atomic E-state index is 9.88. The van der Waals surface area contributed by atoms with E-state index in [1.807, 2.05) is 67.6 Å². The monoisotopic (exact) mass is 301 g/mol. The molecular formula is C18H23NO3. The Morgan fingerprint density at radius 3 is 2.14 bits per heavy atom. The molecule has 2 aromatic carbocycles. The van der Waals surface area contributed by atoms with Gasteiger partial charge in [0.1, 0.15) is 30.3 Å². The minimum absolute atomic E-state index is 0.0321. The van der Waals surface area contributed by atoms with Crippen LogP contribution in [0.2, 0.25) is 0 Å². The molecule has 0 aromatic heterocycles. The second-order valence-corrected chi connectivity index (χ2v) is 5.18. The fourth-order valence-corrected chi connectivity index (χ4v) is 1.99. The van der Waals surface area contributed by atoms with Crippen LogP contribution in [0, 0.1) is 0 Å². The molecule has 0 fully saturated rings. The number of para-hydroxylation sites is 2. The number of aliphatic hydroxyl groups is 1. The lowest BCUT2D eigenvalue weighted by atomic mass is 10.3. The SMILES string of the molecule is C[C@@H](CNC[C@H](O)COc1ccccc1)Oc1ccccc1. The quantitative estimate of drug-likeness (QED) is 0.747. The van der Waals surface area contributed by atoms with E-state index >= 15 is 0 Å². The Kier molecular flexibility index (Phi) is 6.74. The number of rotatable bonds is 9. The van der Waals surface area contributed by atoms with Crippen molar-refractivity contribution in [1.82, 2.24) is 5.32 Å². The predicted octanol–water partition coefficient (Wildman–Crippen LogP) is 2.48. The third-order valence-corrected chi connectivity index (χ3v) is 3.08. The van der Waals surface area contributed by atoms with Gasteiger partial charge in [-0.3, -0.25) is 0 Å². The first kappa shape index (κ1) is 16.3. The molecule has 0 spiro atoms. The van der Waals surface area contributed by atoms with Crippen LogP contribution in [0.25, 0.3) is 0 Å². The zero-order chi connectivity index (χ0) is 15.6. The zero-order valence-corrected chi connectivity index (χ0v) is 12.8. The first-order chi connectivity index (χ1) is 10.7. The largest absolute Gasteiger partial charge is 0.491 e. The maximum absolute atomic E-state index is 9.88. The lowest BCUT2D eigenvalue weighted by molar-refractivity contribution is 0.103. The smallest absolute Gasteiger partial charge is 0.119 e. The van der Waals surface area contributed by atoms with E-state index in [1.165, 1.54) is 0 Å². The second kappa shape index (κ2) is 9.07. The van der Waals surface area contributed by atoms with Crippen molar-refractivity contribution in [2.24, 2.45) is 0 Å². The van der Waals surface area contributed by atoms with E-state index in [9.17, 15) is 5.11 Å². The number of ether oxygens (including phenoxy) is 2. The fourth-order valence-electron chi connectivity index (χ4n) is 1.99. The van der Waals surface area contributed by atoms with Gasteiger partial charge in [-0.1, -0.05) is 36.4 Å². The van der Waals surface area contributed by atoms with Crippen molar-refractivity contribution >= 4 is 0 Å². The van der Waals surface area contributed by atoms with Crippen molar-refractivity contribution in [3.8, 4) is 11.5 Å². The average molecular weight is 301 g/mol. The number of aliphatic hydroxyl groups excluding tert-OH is 1. The fraction of sp³-hybridized carbons (Fsp3) is 0.333. The molecule has 2 rings (SSSR count). The Bertz CT molecular complexity index is 518. The Labute approximate surface area is 131 Å². The Hall–Kier alpha value is -2.04. The molecule has 0 aliphatic carbocycles. The number of benzene rings is 2. The standard InChI is InChI=1S/C18H23NO3/c1-15(22-18-10-6-3-7-11-18)12-19-13-16(20)14-21-17-8-4-2-5-9-17/h2-11,15-16,19-20H,12-14H2,1H3/t15-,16-/m0/s1. The van der Waals surface area contributed by atoms with Gasteiger partial charge in [-0.15, -0.1) is 0 Å². The van der Waals surface area contributed by atoms with Crippen LogP contribution in [0.1, 0.15) is 6.92 Å². The molecular weight excluding hydrogens is 278 g/mol. The minimum atomic E-state index is -0.552. The van der Waals surface area contributed by atoms with E-state index in [1.54, 1.807) is 0 Å². The first-order valence-electron chi connectivity index (χ1n) is 7.52. The molecule has 0 aliphatic rings. The number of hydrogen-bond acceptors (Lipinski definition) is 4. The average Bonchev–Trinajstić information content (AvgIpc) is 2.55. The van der Waals surface area contributed by atoms with Crippen LogP contribution in [-0.2, 0) is 0 Å². The van der Waals surface area contributed by atoms with Crippen LogP contribution in [0.5, 0.6) is 11.5 Å². The van der Waals surface area contributed by atoms with Crippen LogP contribution in [0.3, 0.4) is 0 Å². The molecule has 2 aromatic rings. The van der Waals surface area contributed by atoms with Gasteiger partial charge in [0.05, 0.1) is 0 Å². The van der Waals surface area contributed by atoms with Crippen molar-refractivity contribution in [3.63, 3.8) is 0 Å². The van der Waals surface area contributed by atoms with E-state index < -0.39 is 6.10 Å². The number of nitrogens with one attached hydrogen (secondary N) is 1. The lowest BCUT2D eigenvalue weighted by Gasteiger charge is -2.17. The zero-order valence-electron chi connectivity index (χ0n) is 12.8. The van der Waals surface area contributed by atoms with Gasteiger partial charge in [-0.2, -0.15) is 0 Å². The van der Waals surface area contributed by atoms with Gasteiger partial charge < -0.3 is 19.9 Å². The summed E-state index contributed by atoms with van der Waals surface area (Å²) >= 11 is 0. The van der Waals surface area contributed by atoms with E-state index in [0.717, 1.165) is 11.5 Å². The van der Waals surface area contributed by atoms with Crippen LogP contribution in [0.15, 0.2) is 60.7 Å². The Morgan fingerprint density at radius 2 is 1.50 bits per heavy atom. The van der Waals surface area contributed by atoms with E-state index in [4.69, 9.17) is 9.47 Å². The Balaban J connectivity index is 1.59. The molecule has 118 valence electrons. The van der Waals surface area contributed by atoms with Crippen LogP contribution >= 0.6 is 0 Å². The summed E-state index contributed by atoms with van der Waals surface area (Å²) in [7, 11) is 0. The molecule has 0 aliphatic heterocycles. The topological polar surface area (TPSA) is 50.7 Å². The third-order valence-electron chi connectivity index (χ3n) is 3.08.